The van der Waals surface area contributed by atoms with Crippen LogP contribution in [0, 0.1) is 0 Å². The fourth-order valence-corrected chi connectivity index (χ4v) is 3.54. The van der Waals surface area contributed by atoms with E-state index in [2.05, 4.69) is 0 Å². The fraction of sp³-hybridized carbons (Fsp3) is 0.0345. The van der Waals surface area contributed by atoms with Crippen molar-refractivity contribution in [1.29, 1.82) is 0 Å². The van der Waals surface area contributed by atoms with E-state index in [1.807, 2.05) is 60.7 Å². The molecule has 0 bridgehead atoms. The number of hydrogen-bond acceptors (Lipinski definition) is 3. The number of carboxylic acids is 1. The van der Waals surface area contributed by atoms with Crippen LogP contribution in [0.1, 0.15) is 31.8 Å². The molecular formula is C29H22ClNO4. The summed E-state index contributed by atoms with van der Waals surface area (Å²) in [5.41, 5.74) is 2.45. The number of amides is 1. The number of carboxylic acid groups (broad SMARTS) is 1. The summed E-state index contributed by atoms with van der Waals surface area (Å²) in [6.45, 7) is 0.290. The van der Waals surface area contributed by atoms with Gasteiger partial charge in [-0.3, -0.25) is 4.79 Å². The van der Waals surface area contributed by atoms with Gasteiger partial charge in [0.2, 0.25) is 0 Å². The molecule has 174 valence electrons. The summed E-state index contributed by atoms with van der Waals surface area (Å²) in [5.74, 6) is 0.0652. The molecule has 0 saturated carbocycles. The minimum absolute atomic E-state index is 0.164. The second-order valence-electron chi connectivity index (χ2n) is 7.72. The highest BCUT2D eigenvalue weighted by molar-refractivity contribution is 6.32. The molecule has 6 heteroatoms. The first-order valence-electron chi connectivity index (χ1n) is 10.9. The van der Waals surface area contributed by atoms with Crippen LogP contribution in [0.3, 0.4) is 0 Å². The number of carbonyl (C=O) groups is 2. The van der Waals surface area contributed by atoms with Gasteiger partial charge in [-0.25, -0.2) is 4.79 Å². The number of carbonyl (C=O) groups excluding carboxylic acids is 1. The Kier molecular flexibility index (Phi) is 7.60. The average molecular weight is 484 g/mol. The molecule has 0 unspecified atom stereocenters. The summed E-state index contributed by atoms with van der Waals surface area (Å²) >= 11 is 6.16. The van der Waals surface area contributed by atoms with Gasteiger partial charge in [-0.15, -0.1) is 0 Å². The highest BCUT2D eigenvalue weighted by Crippen LogP contribution is 2.29. The number of rotatable bonds is 8. The van der Waals surface area contributed by atoms with Crippen molar-refractivity contribution in [2.45, 2.75) is 6.54 Å². The zero-order valence-electron chi connectivity index (χ0n) is 18.7. The van der Waals surface area contributed by atoms with Crippen LogP contribution in [-0.4, -0.2) is 21.9 Å². The molecule has 4 aromatic carbocycles. The first-order chi connectivity index (χ1) is 17.0. The Morgan fingerprint density at radius 2 is 1.46 bits per heavy atom. The molecule has 0 saturated heterocycles. The SMILES string of the molecule is O=C(O)c1ccc(CN(C=Cc2ccc(Oc3ccccc3Cl)cc2)C(=O)c2ccccc2)cc1. The van der Waals surface area contributed by atoms with Crippen molar-refractivity contribution in [1.82, 2.24) is 4.90 Å². The van der Waals surface area contributed by atoms with Crippen molar-refractivity contribution in [3.63, 3.8) is 0 Å². The third-order valence-corrected chi connectivity index (χ3v) is 5.54. The first-order valence-corrected chi connectivity index (χ1v) is 11.3. The number of benzene rings is 4. The second kappa shape index (κ2) is 11.2. The zero-order valence-corrected chi connectivity index (χ0v) is 19.4. The Hall–Kier alpha value is -4.35. The molecule has 0 aromatic heterocycles. The van der Waals surface area contributed by atoms with E-state index in [9.17, 15) is 9.59 Å². The van der Waals surface area contributed by atoms with Gasteiger partial charge < -0.3 is 14.7 Å². The Morgan fingerprint density at radius 3 is 2.11 bits per heavy atom. The lowest BCUT2D eigenvalue weighted by Gasteiger charge is -2.19. The second-order valence-corrected chi connectivity index (χ2v) is 8.13. The van der Waals surface area contributed by atoms with Gasteiger partial charge in [0.1, 0.15) is 11.5 Å². The average Bonchev–Trinajstić information content (AvgIpc) is 2.89. The summed E-state index contributed by atoms with van der Waals surface area (Å²) in [4.78, 5) is 25.9. The lowest BCUT2D eigenvalue weighted by molar-refractivity contribution is 0.0696. The minimum atomic E-state index is -0.990. The molecule has 4 rings (SSSR count). The van der Waals surface area contributed by atoms with E-state index in [1.165, 1.54) is 12.1 Å². The molecule has 1 amide bonds. The number of halogens is 1. The van der Waals surface area contributed by atoms with Gasteiger partial charge in [0.15, 0.2) is 0 Å². The van der Waals surface area contributed by atoms with Gasteiger partial charge in [0, 0.05) is 11.8 Å². The van der Waals surface area contributed by atoms with Crippen LogP contribution in [0.15, 0.2) is 109 Å². The van der Waals surface area contributed by atoms with Crippen LogP contribution >= 0.6 is 11.6 Å². The maximum absolute atomic E-state index is 13.2. The highest BCUT2D eigenvalue weighted by atomic mass is 35.5. The smallest absolute Gasteiger partial charge is 0.335 e. The molecule has 0 aliphatic heterocycles. The van der Waals surface area contributed by atoms with Crippen LogP contribution in [0.2, 0.25) is 5.02 Å². The quantitative estimate of drug-likeness (QED) is 0.289. The van der Waals surface area contributed by atoms with Crippen LogP contribution < -0.4 is 4.74 Å². The largest absolute Gasteiger partial charge is 0.478 e. The molecule has 0 spiro atoms. The van der Waals surface area contributed by atoms with Gasteiger partial charge in [-0.05, 0) is 65.7 Å². The normalized spacial score (nSPS) is 10.8. The molecule has 4 aromatic rings. The molecule has 0 aliphatic carbocycles. The summed E-state index contributed by atoms with van der Waals surface area (Å²) in [6, 6.07) is 30.2. The Balaban J connectivity index is 1.52. The van der Waals surface area contributed by atoms with E-state index in [1.54, 1.807) is 47.5 Å². The van der Waals surface area contributed by atoms with Crippen molar-refractivity contribution in [3.8, 4) is 11.5 Å². The van der Waals surface area contributed by atoms with Gasteiger partial charge in [0.05, 0.1) is 17.1 Å². The van der Waals surface area contributed by atoms with Crippen molar-refractivity contribution < 1.29 is 19.4 Å². The topological polar surface area (TPSA) is 66.8 Å². The monoisotopic (exact) mass is 483 g/mol. The maximum atomic E-state index is 13.2. The Labute approximate surface area is 208 Å². The number of aromatic carboxylic acids is 1. The molecule has 0 fully saturated rings. The number of nitrogens with zero attached hydrogens (tertiary/aromatic N) is 1. The van der Waals surface area contributed by atoms with Crippen molar-refractivity contribution in [2.75, 3.05) is 0 Å². The van der Waals surface area contributed by atoms with Crippen LogP contribution in [0.5, 0.6) is 11.5 Å². The molecule has 35 heavy (non-hydrogen) atoms. The third kappa shape index (κ3) is 6.37. The standard InChI is InChI=1S/C29H22ClNO4/c30-26-8-4-5-9-27(26)35-25-16-12-21(13-17-25)18-19-31(28(32)23-6-2-1-3-7-23)20-22-10-14-24(15-11-22)29(33)34/h1-19H,20H2,(H,33,34). The first kappa shape index (κ1) is 23.8. The lowest BCUT2D eigenvalue weighted by atomic mass is 10.1. The fourth-order valence-electron chi connectivity index (χ4n) is 3.37. The molecule has 0 radical (unpaired) electrons. The van der Waals surface area contributed by atoms with Gasteiger partial charge in [0.25, 0.3) is 5.91 Å². The maximum Gasteiger partial charge on any atom is 0.335 e. The van der Waals surface area contributed by atoms with E-state index in [-0.39, 0.29) is 18.0 Å². The third-order valence-electron chi connectivity index (χ3n) is 5.23. The summed E-state index contributed by atoms with van der Waals surface area (Å²) in [5, 5.41) is 9.66. The molecule has 0 atom stereocenters. The summed E-state index contributed by atoms with van der Waals surface area (Å²) < 4.78 is 5.83. The highest BCUT2D eigenvalue weighted by Gasteiger charge is 2.14. The summed E-state index contributed by atoms with van der Waals surface area (Å²) in [6.07, 6.45) is 3.57. The van der Waals surface area contributed by atoms with Crippen molar-refractivity contribution >= 4 is 29.6 Å². The summed E-state index contributed by atoms with van der Waals surface area (Å²) in [7, 11) is 0. The van der Waals surface area contributed by atoms with Crippen molar-refractivity contribution in [3.05, 3.63) is 137 Å². The molecule has 0 heterocycles. The van der Waals surface area contributed by atoms with E-state index in [0.717, 1.165) is 11.1 Å². The molecular weight excluding hydrogens is 462 g/mol. The van der Waals surface area contributed by atoms with Crippen LogP contribution in [0.4, 0.5) is 0 Å². The van der Waals surface area contributed by atoms with E-state index in [0.29, 0.717) is 22.1 Å². The molecule has 5 nitrogen and oxygen atoms in total. The predicted octanol–water partition coefficient (Wildman–Crippen LogP) is 7.14. The Morgan fingerprint density at radius 1 is 0.800 bits per heavy atom. The van der Waals surface area contributed by atoms with Crippen LogP contribution in [0.25, 0.3) is 6.08 Å². The van der Waals surface area contributed by atoms with E-state index >= 15 is 0 Å². The van der Waals surface area contributed by atoms with Gasteiger partial charge >= 0.3 is 5.97 Å². The molecule has 0 aliphatic rings. The Bertz CT molecular complexity index is 1330. The number of hydrogen-bond donors (Lipinski definition) is 1. The number of ether oxygens (including phenoxy) is 1. The molecule has 1 N–H and O–H groups in total. The van der Waals surface area contributed by atoms with E-state index in [4.69, 9.17) is 21.4 Å². The zero-order chi connectivity index (χ0) is 24.6. The van der Waals surface area contributed by atoms with Crippen LogP contribution in [-0.2, 0) is 6.54 Å². The lowest BCUT2D eigenvalue weighted by Crippen LogP contribution is -2.25. The van der Waals surface area contributed by atoms with Gasteiger partial charge in [-0.2, -0.15) is 0 Å². The predicted molar refractivity (Wildman–Crippen MR) is 137 cm³/mol. The number of para-hydroxylation sites is 1. The minimum Gasteiger partial charge on any atom is -0.478 e. The van der Waals surface area contributed by atoms with E-state index < -0.39 is 5.97 Å². The van der Waals surface area contributed by atoms with Crippen molar-refractivity contribution in [2.24, 2.45) is 0 Å². The van der Waals surface area contributed by atoms with Gasteiger partial charge in [-0.1, -0.05) is 66.2 Å².